The number of hydrogen-bond donors (Lipinski definition) is 1. The Bertz CT molecular complexity index is 386. The maximum absolute atomic E-state index is 12.3. The molecule has 2 saturated heterocycles. The highest BCUT2D eigenvalue weighted by Crippen LogP contribution is 2.25. The van der Waals surface area contributed by atoms with Crippen LogP contribution in [-0.4, -0.2) is 73.6 Å². The molecule has 0 aromatic rings. The molecule has 6 heteroatoms. The van der Waals surface area contributed by atoms with Gasteiger partial charge in [0.15, 0.2) is 0 Å². The molecule has 2 aliphatic heterocycles. The molecule has 1 N–H and O–H groups in total. The lowest BCUT2D eigenvalue weighted by Gasteiger charge is -2.26. The number of likely N-dealkylation sites (N-methyl/N-ethyl adjacent to an activating group) is 1. The van der Waals surface area contributed by atoms with Crippen molar-refractivity contribution < 1.29 is 14.3 Å². The molecule has 0 aliphatic carbocycles. The summed E-state index contributed by atoms with van der Waals surface area (Å²) in [6.07, 6.45) is 1.98. The minimum absolute atomic E-state index is 0.192. The zero-order valence-corrected chi connectivity index (χ0v) is 13.3. The Morgan fingerprint density at radius 1 is 1.38 bits per heavy atom. The number of ether oxygens (including phenoxy) is 1. The van der Waals surface area contributed by atoms with Crippen LogP contribution in [0, 0.1) is 5.92 Å². The molecule has 2 unspecified atom stereocenters. The van der Waals surface area contributed by atoms with Crippen molar-refractivity contribution in [2.75, 3.05) is 39.8 Å². The summed E-state index contributed by atoms with van der Waals surface area (Å²) in [6, 6.07) is 0.192. The van der Waals surface area contributed by atoms with E-state index in [-0.39, 0.29) is 18.1 Å². The predicted octanol–water partition coefficient (Wildman–Crippen LogP) is 0.0802. The Hall–Kier alpha value is -1.14. The number of piperidine rings is 1. The lowest BCUT2D eigenvalue weighted by atomic mass is 10.0. The van der Waals surface area contributed by atoms with Crippen molar-refractivity contribution >= 4 is 11.8 Å². The van der Waals surface area contributed by atoms with Gasteiger partial charge in [-0.05, 0) is 39.2 Å². The molecule has 2 heterocycles. The topological polar surface area (TPSA) is 61.9 Å². The normalized spacial score (nSPS) is 24.5. The van der Waals surface area contributed by atoms with Gasteiger partial charge in [-0.25, -0.2) is 0 Å². The maximum atomic E-state index is 12.3. The quantitative estimate of drug-likeness (QED) is 0.577. The third-order valence-corrected chi connectivity index (χ3v) is 4.19. The van der Waals surface area contributed by atoms with Crippen LogP contribution in [0.1, 0.15) is 26.7 Å². The van der Waals surface area contributed by atoms with Crippen LogP contribution in [0.15, 0.2) is 0 Å². The summed E-state index contributed by atoms with van der Waals surface area (Å²) < 4.78 is 5.45. The second kappa shape index (κ2) is 7.22. The molecule has 2 bridgehead atoms. The van der Waals surface area contributed by atoms with E-state index >= 15 is 0 Å². The molecule has 0 saturated carbocycles. The van der Waals surface area contributed by atoms with E-state index in [1.54, 1.807) is 11.9 Å². The summed E-state index contributed by atoms with van der Waals surface area (Å²) in [5.41, 5.74) is 0. The van der Waals surface area contributed by atoms with Crippen molar-refractivity contribution in [3.63, 3.8) is 0 Å². The van der Waals surface area contributed by atoms with Gasteiger partial charge in [0.2, 0.25) is 0 Å². The predicted molar refractivity (Wildman–Crippen MR) is 79.8 cm³/mol. The Kier molecular flexibility index (Phi) is 5.58. The van der Waals surface area contributed by atoms with Gasteiger partial charge in [-0.3, -0.25) is 9.59 Å². The van der Waals surface area contributed by atoms with E-state index in [9.17, 15) is 9.59 Å². The fourth-order valence-electron chi connectivity index (χ4n) is 3.07. The van der Waals surface area contributed by atoms with E-state index < -0.39 is 5.91 Å². The molecule has 2 atom stereocenters. The zero-order chi connectivity index (χ0) is 15.4. The average Bonchev–Trinajstić information content (AvgIpc) is 2.75. The van der Waals surface area contributed by atoms with Gasteiger partial charge < -0.3 is 19.9 Å². The molecule has 0 aromatic heterocycles. The molecule has 2 rings (SSSR count). The van der Waals surface area contributed by atoms with Crippen LogP contribution in [0.3, 0.4) is 0 Å². The number of fused-ring (bicyclic) bond motifs is 2. The fraction of sp³-hybridized carbons (Fsp3) is 0.867. The van der Waals surface area contributed by atoms with Gasteiger partial charge in [-0.2, -0.15) is 0 Å². The summed E-state index contributed by atoms with van der Waals surface area (Å²) in [5, 5.41) is 3.32. The Labute approximate surface area is 126 Å². The van der Waals surface area contributed by atoms with E-state index in [2.05, 4.69) is 5.32 Å². The van der Waals surface area contributed by atoms with Crippen LogP contribution in [0.25, 0.3) is 0 Å². The van der Waals surface area contributed by atoms with Gasteiger partial charge in [-0.1, -0.05) is 0 Å². The van der Waals surface area contributed by atoms with Crippen molar-refractivity contribution in [1.82, 2.24) is 15.1 Å². The zero-order valence-electron chi connectivity index (χ0n) is 13.3. The number of nitrogens with one attached hydrogen (secondary N) is 1. The second-order valence-corrected chi connectivity index (χ2v) is 6.37. The van der Waals surface area contributed by atoms with Gasteiger partial charge in [0.1, 0.15) is 0 Å². The number of hydrogen-bond acceptors (Lipinski definition) is 4. The van der Waals surface area contributed by atoms with Crippen molar-refractivity contribution in [2.24, 2.45) is 5.92 Å². The number of amides is 2. The molecule has 6 nitrogen and oxygen atoms in total. The van der Waals surface area contributed by atoms with Crippen molar-refractivity contribution in [2.45, 2.75) is 38.8 Å². The highest BCUT2D eigenvalue weighted by atomic mass is 16.5. The third kappa shape index (κ3) is 4.17. The average molecular weight is 297 g/mol. The Morgan fingerprint density at radius 2 is 2.14 bits per heavy atom. The minimum atomic E-state index is -0.396. The molecular weight excluding hydrogens is 270 g/mol. The van der Waals surface area contributed by atoms with E-state index in [0.717, 1.165) is 25.9 Å². The second-order valence-electron chi connectivity index (χ2n) is 6.37. The van der Waals surface area contributed by atoms with Crippen LogP contribution in [0.2, 0.25) is 0 Å². The van der Waals surface area contributed by atoms with Crippen LogP contribution >= 0.6 is 0 Å². The molecule has 2 fully saturated rings. The maximum Gasteiger partial charge on any atom is 0.312 e. The highest BCUT2D eigenvalue weighted by molar-refractivity contribution is 6.35. The molecule has 0 radical (unpaired) electrons. The molecule has 0 aromatic carbocycles. The summed E-state index contributed by atoms with van der Waals surface area (Å²) >= 11 is 0. The van der Waals surface area contributed by atoms with E-state index in [4.69, 9.17) is 4.74 Å². The largest absolute Gasteiger partial charge is 0.379 e. The summed E-state index contributed by atoms with van der Waals surface area (Å²) in [7, 11) is 1.69. The molecule has 21 heavy (non-hydrogen) atoms. The first-order valence-electron chi connectivity index (χ1n) is 7.87. The van der Waals surface area contributed by atoms with Crippen molar-refractivity contribution in [3.8, 4) is 0 Å². The minimum Gasteiger partial charge on any atom is -0.379 e. The molecule has 2 amide bonds. The summed E-state index contributed by atoms with van der Waals surface area (Å²) in [4.78, 5) is 27.8. The lowest BCUT2D eigenvalue weighted by Crippen LogP contribution is -2.48. The SMILES string of the molecule is CC(C)OCCCN(C)C(=O)C(=O)N1CC2CNCC1C2. The van der Waals surface area contributed by atoms with E-state index in [1.165, 1.54) is 4.90 Å². The number of carbonyl (C=O) groups excluding carboxylic acids is 2. The van der Waals surface area contributed by atoms with Crippen LogP contribution in [0.4, 0.5) is 0 Å². The van der Waals surface area contributed by atoms with Crippen molar-refractivity contribution in [3.05, 3.63) is 0 Å². The fourth-order valence-corrected chi connectivity index (χ4v) is 3.07. The third-order valence-electron chi connectivity index (χ3n) is 4.19. The first kappa shape index (κ1) is 16.2. The smallest absolute Gasteiger partial charge is 0.312 e. The van der Waals surface area contributed by atoms with Gasteiger partial charge >= 0.3 is 11.8 Å². The summed E-state index contributed by atoms with van der Waals surface area (Å²) in [5.74, 6) is -0.240. The van der Waals surface area contributed by atoms with Gasteiger partial charge in [0, 0.05) is 39.3 Å². The monoisotopic (exact) mass is 297 g/mol. The molecular formula is C15H27N3O3. The van der Waals surface area contributed by atoms with Crippen LogP contribution in [-0.2, 0) is 14.3 Å². The van der Waals surface area contributed by atoms with Gasteiger partial charge in [0.25, 0.3) is 0 Å². The van der Waals surface area contributed by atoms with Gasteiger partial charge in [-0.15, -0.1) is 0 Å². The number of likely N-dealkylation sites (tertiary alicyclic amines) is 1. The van der Waals surface area contributed by atoms with Gasteiger partial charge in [0.05, 0.1) is 6.10 Å². The van der Waals surface area contributed by atoms with Crippen molar-refractivity contribution in [1.29, 1.82) is 0 Å². The molecule has 0 spiro atoms. The number of rotatable bonds is 5. The molecule has 120 valence electrons. The first-order chi connectivity index (χ1) is 9.99. The standard InChI is InChI=1S/C15H27N3O3/c1-11(2)21-6-4-5-17(3)14(19)15(20)18-10-12-7-13(18)9-16-8-12/h11-13,16H,4-10H2,1-3H3. The van der Waals surface area contributed by atoms with E-state index in [0.29, 0.717) is 25.6 Å². The van der Waals surface area contributed by atoms with Crippen LogP contribution < -0.4 is 5.32 Å². The summed E-state index contributed by atoms with van der Waals surface area (Å²) in [6.45, 7) is 7.61. The lowest BCUT2D eigenvalue weighted by molar-refractivity contribution is -0.151. The Morgan fingerprint density at radius 3 is 2.81 bits per heavy atom. The van der Waals surface area contributed by atoms with Crippen LogP contribution in [0.5, 0.6) is 0 Å². The number of carbonyl (C=O) groups is 2. The molecule has 2 aliphatic rings. The highest BCUT2D eigenvalue weighted by Gasteiger charge is 2.40. The number of nitrogens with zero attached hydrogens (tertiary/aromatic N) is 2. The Balaban J connectivity index is 1.77. The van der Waals surface area contributed by atoms with E-state index in [1.807, 2.05) is 13.8 Å². The first-order valence-corrected chi connectivity index (χ1v) is 7.87.